The molecule has 5 heteroatoms. The molecule has 25 heavy (non-hydrogen) atoms. The van der Waals surface area contributed by atoms with Crippen LogP contribution in [0.15, 0.2) is 39.8 Å². The molecule has 0 saturated heterocycles. The highest BCUT2D eigenvalue weighted by molar-refractivity contribution is 9.10. The van der Waals surface area contributed by atoms with E-state index in [-0.39, 0.29) is 0 Å². The van der Waals surface area contributed by atoms with E-state index in [0.717, 1.165) is 40.8 Å². The number of aromatic nitrogens is 1. The number of halogens is 1. The minimum atomic E-state index is 0.504. The molecule has 1 aromatic carbocycles. The van der Waals surface area contributed by atoms with Gasteiger partial charge in [0, 0.05) is 13.6 Å². The number of benzene rings is 1. The lowest BCUT2D eigenvalue weighted by Gasteiger charge is -2.12. The molecule has 0 radical (unpaired) electrons. The first-order chi connectivity index (χ1) is 12.0. The number of nitrogens with zero attached hydrogens (tertiary/aromatic N) is 3. The fourth-order valence-corrected chi connectivity index (χ4v) is 2.76. The first-order valence-electron chi connectivity index (χ1n) is 8.65. The minimum absolute atomic E-state index is 0.504. The van der Waals surface area contributed by atoms with Gasteiger partial charge in [0.25, 0.3) is 0 Å². The first kappa shape index (κ1) is 19.4. The molecule has 0 saturated carbocycles. The van der Waals surface area contributed by atoms with E-state index in [1.165, 1.54) is 5.56 Å². The van der Waals surface area contributed by atoms with E-state index in [0.29, 0.717) is 12.5 Å². The minimum Gasteiger partial charge on any atom is -0.472 e. The predicted octanol–water partition coefficient (Wildman–Crippen LogP) is 5.30. The second-order valence-corrected chi connectivity index (χ2v) is 6.91. The maximum absolute atomic E-state index is 5.92. The normalized spacial score (nSPS) is 11.1. The molecule has 0 unspecified atom stereocenters. The van der Waals surface area contributed by atoms with Gasteiger partial charge < -0.3 is 9.64 Å². The quantitative estimate of drug-likeness (QED) is 0.443. The van der Waals surface area contributed by atoms with Gasteiger partial charge in [-0.1, -0.05) is 37.6 Å². The second-order valence-electron chi connectivity index (χ2n) is 6.06. The number of pyridine rings is 1. The standard InChI is InChI=1S/C20H26BrN3O/c1-5-8-16-9-7-10-17(11-16)13-25-20-18(21)12-19(15(3)23-20)22-14-24(4)6-2/h7,9-12,14H,5-6,8,13H2,1-4H3. The number of ether oxygens (including phenoxy) is 1. The number of aryl methyl sites for hydroxylation is 2. The van der Waals surface area contributed by atoms with Crippen molar-refractivity contribution >= 4 is 28.0 Å². The maximum atomic E-state index is 5.92. The summed E-state index contributed by atoms with van der Waals surface area (Å²) in [5, 5.41) is 0. The van der Waals surface area contributed by atoms with Crippen molar-refractivity contribution in [3.05, 3.63) is 51.6 Å². The lowest BCUT2D eigenvalue weighted by Crippen LogP contribution is -2.14. The van der Waals surface area contributed by atoms with Gasteiger partial charge in [-0.25, -0.2) is 9.98 Å². The van der Waals surface area contributed by atoms with Crippen molar-refractivity contribution in [3.63, 3.8) is 0 Å². The van der Waals surface area contributed by atoms with E-state index >= 15 is 0 Å². The Morgan fingerprint density at radius 3 is 2.72 bits per heavy atom. The molecule has 0 aliphatic carbocycles. The van der Waals surface area contributed by atoms with E-state index in [9.17, 15) is 0 Å². The van der Waals surface area contributed by atoms with Crippen LogP contribution >= 0.6 is 15.9 Å². The highest BCUT2D eigenvalue weighted by Crippen LogP contribution is 2.30. The summed E-state index contributed by atoms with van der Waals surface area (Å²) in [6, 6.07) is 10.5. The van der Waals surface area contributed by atoms with Crippen molar-refractivity contribution in [2.24, 2.45) is 4.99 Å². The van der Waals surface area contributed by atoms with Crippen LogP contribution < -0.4 is 4.74 Å². The summed E-state index contributed by atoms with van der Waals surface area (Å²) in [6.45, 7) is 7.63. The van der Waals surface area contributed by atoms with Crippen molar-refractivity contribution in [3.8, 4) is 5.88 Å². The van der Waals surface area contributed by atoms with Gasteiger partial charge in [-0.15, -0.1) is 0 Å². The molecule has 1 aromatic heterocycles. The topological polar surface area (TPSA) is 37.7 Å². The number of rotatable bonds is 8. The molecule has 0 bridgehead atoms. The summed E-state index contributed by atoms with van der Waals surface area (Å²) in [4.78, 5) is 11.0. The molecule has 2 rings (SSSR count). The Bertz CT molecular complexity index is 731. The lowest BCUT2D eigenvalue weighted by molar-refractivity contribution is 0.291. The van der Waals surface area contributed by atoms with E-state index in [1.807, 2.05) is 31.3 Å². The average Bonchev–Trinajstić information content (AvgIpc) is 2.61. The maximum Gasteiger partial charge on any atom is 0.228 e. The summed E-state index contributed by atoms with van der Waals surface area (Å²) in [7, 11) is 1.99. The smallest absolute Gasteiger partial charge is 0.228 e. The Hall–Kier alpha value is -1.88. The Balaban J connectivity index is 2.09. The molecule has 134 valence electrons. The summed E-state index contributed by atoms with van der Waals surface area (Å²) < 4.78 is 6.73. The van der Waals surface area contributed by atoms with Crippen LogP contribution in [0.1, 0.15) is 37.1 Å². The zero-order chi connectivity index (χ0) is 18.2. The number of hydrogen-bond donors (Lipinski definition) is 0. The molecule has 0 aliphatic rings. The summed E-state index contributed by atoms with van der Waals surface area (Å²) in [5.74, 6) is 0.598. The van der Waals surface area contributed by atoms with Crippen LogP contribution in [0.4, 0.5) is 5.69 Å². The zero-order valence-corrected chi connectivity index (χ0v) is 17.0. The van der Waals surface area contributed by atoms with E-state index in [4.69, 9.17) is 4.74 Å². The van der Waals surface area contributed by atoms with Crippen LogP contribution in [-0.2, 0) is 13.0 Å². The third-order valence-corrected chi connectivity index (χ3v) is 4.47. The first-order valence-corrected chi connectivity index (χ1v) is 9.45. The Kier molecular flexibility index (Phi) is 7.44. The third-order valence-electron chi connectivity index (χ3n) is 3.91. The van der Waals surface area contributed by atoms with Gasteiger partial charge in [-0.05, 0) is 53.4 Å². The predicted molar refractivity (Wildman–Crippen MR) is 108 cm³/mol. The molecule has 0 aliphatic heterocycles. The van der Waals surface area contributed by atoms with Crippen LogP contribution in [-0.4, -0.2) is 29.8 Å². The fraction of sp³-hybridized carbons (Fsp3) is 0.400. The molecule has 0 fully saturated rings. The Morgan fingerprint density at radius 2 is 2.00 bits per heavy atom. The molecule has 4 nitrogen and oxygen atoms in total. The molecular weight excluding hydrogens is 378 g/mol. The van der Waals surface area contributed by atoms with Crippen LogP contribution in [0, 0.1) is 6.92 Å². The SMILES string of the molecule is CCCc1cccc(COc2nc(C)c(N=CN(C)CC)cc2Br)c1. The second kappa shape index (κ2) is 9.56. The largest absolute Gasteiger partial charge is 0.472 e. The van der Waals surface area contributed by atoms with Gasteiger partial charge in [-0.2, -0.15) is 0 Å². The summed E-state index contributed by atoms with van der Waals surface area (Å²) in [5.41, 5.74) is 4.18. The van der Waals surface area contributed by atoms with Crippen LogP contribution in [0.5, 0.6) is 5.88 Å². The average molecular weight is 404 g/mol. The van der Waals surface area contributed by atoms with Crippen molar-refractivity contribution in [1.29, 1.82) is 0 Å². The van der Waals surface area contributed by atoms with Crippen molar-refractivity contribution in [1.82, 2.24) is 9.88 Å². The monoisotopic (exact) mass is 403 g/mol. The van der Waals surface area contributed by atoms with Crippen LogP contribution in [0.25, 0.3) is 0 Å². The molecule has 0 atom stereocenters. The molecule has 1 heterocycles. The van der Waals surface area contributed by atoms with E-state index < -0.39 is 0 Å². The zero-order valence-electron chi connectivity index (χ0n) is 15.4. The summed E-state index contributed by atoms with van der Waals surface area (Å²) in [6.07, 6.45) is 4.05. The molecule has 0 N–H and O–H groups in total. The third kappa shape index (κ3) is 5.85. The van der Waals surface area contributed by atoms with Crippen LogP contribution in [0.2, 0.25) is 0 Å². The number of hydrogen-bond acceptors (Lipinski definition) is 3. The molecule has 0 amide bonds. The highest BCUT2D eigenvalue weighted by Gasteiger charge is 2.09. The van der Waals surface area contributed by atoms with Gasteiger partial charge in [0.2, 0.25) is 5.88 Å². The molecular formula is C20H26BrN3O. The van der Waals surface area contributed by atoms with Crippen LogP contribution in [0.3, 0.4) is 0 Å². The highest BCUT2D eigenvalue weighted by atomic mass is 79.9. The molecule has 2 aromatic rings. The van der Waals surface area contributed by atoms with Gasteiger partial charge in [0.15, 0.2) is 0 Å². The fourth-order valence-electron chi connectivity index (χ4n) is 2.34. The lowest BCUT2D eigenvalue weighted by atomic mass is 10.1. The van der Waals surface area contributed by atoms with Gasteiger partial charge >= 0.3 is 0 Å². The van der Waals surface area contributed by atoms with Crippen molar-refractivity contribution in [2.45, 2.75) is 40.2 Å². The van der Waals surface area contributed by atoms with Gasteiger partial charge in [0.05, 0.1) is 22.2 Å². The molecule has 0 spiro atoms. The van der Waals surface area contributed by atoms with E-state index in [1.54, 1.807) is 0 Å². The van der Waals surface area contributed by atoms with E-state index in [2.05, 4.69) is 64.0 Å². The van der Waals surface area contributed by atoms with Crippen molar-refractivity contribution < 1.29 is 4.74 Å². The Labute approximate surface area is 159 Å². The summed E-state index contributed by atoms with van der Waals surface area (Å²) >= 11 is 3.54. The Morgan fingerprint density at radius 1 is 1.24 bits per heavy atom. The van der Waals surface area contributed by atoms with Crippen molar-refractivity contribution in [2.75, 3.05) is 13.6 Å². The van der Waals surface area contributed by atoms with Gasteiger partial charge in [-0.3, -0.25) is 0 Å². The number of aliphatic imine (C=N–C) groups is 1. The van der Waals surface area contributed by atoms with Gasteiger partial charge in [0.1, 0.15) is 6.61 Å².